The predicted molar refractivity (Wildman–Crippen MR) is 73.8 cm³/mol. The minimum absolute atomic E-state index is 0.389. The molecular formula is C14H18ClN3. The number of hydrogen-bond acceptors (Lipinski definition) is 3. The lowest BCUT2D eigenvalue weighted by molar-refractivity contribution is 0.340. The lowest BCUT2D eigenvalue weighted by Crippen LogP contribution is -2.35. The topological polar surface area (TPSA) is 39.9 Å². The zero-order valence-electron chi connectivity index (χ0n) is 10.9. The van der Waals surface area contributed by atoms with Gasteiger partial charge >= 0.3 is 0 Å². The Hall–Kier alpha value is -1.27. The lowest BCUT2D eigenvalue weighted by atomic mass is 9.87. The van der Waals surface area contributed by atoms with Gasteiger partial charge in [-0.15, -0.1) is 0 Å². The van der Waals surface area contributed by atoms with E-state index in [-0.39, 0.29) is 0 Å². The third-order valence-corrected chi connectivity index (χ3v) is 4.00. The summed E-state index contributed by atoms with van der Waals surface area (Å²) in [5, 5.41) is 9.35. The van der Waals surface area contributed by atoms with E-state index in [1.165, 1.54) is 25.7 Å². The van der Waals surface area contributed by atoms with Crippen molar-refractivity contribution >= 4 is 17.4 Å². The van der Waals surface area contributed by atoms with E-state index in [1.807, 2.05) is 13.1 Å². The molecular weight excluding hydrogens is 246 g/mol. The molecule has 0 spiro atoms. The molecule has 4 heteroatoms. The molecule has 0 radical (unpaired) electrons. The Labute approximate surface area is 113 Å². The third-order valence-electron chi connectivity index (χ3n) is 3.80. The molecule has 2 rings (SSSR count). The molecule has 0 saturated heterocycles. The van der Waals surface area contributed by atoms with Gasteiger partial charge in [-0.05, 0) is 43.7 Å². The Morgan fingerprint density at radius 2 is 2.00 bits per heavy atom. The molecule has 0 atom stereocenters. The first-order valence-electron chi connectivity index (χ1n) is 6.40. The fraction of sp³-hybridized carbons (Fsp3) is 0.571. The minimum Gasteiger partial charge on any atom is -0.357 e. The van der Waals surface area contributed by atoms with Gasteiger partial charge in [-0.1, -0.05) is 18.5 Å². The highest BCUT2D eigenvalue weighted by Crippen LogP contribution is 2.29. The van der Waals surface area contributed by atoms with Gasteiger partial charge in [0, 0.05) is 13.1 Å². The zero-order valence-corrected chi connectivity index (χ0v) is 11.6. The Morgan fingerprint density at radius 1 is 1.33 bits per heavy atom. The molecule has 1 aliphatic rings. The second kappa shape index (κ2) is 5.58. The molecule has 18 heavy (non-hydrogen) atoms. The van der Waals surface area contributed by atoms with Gasteiger partial charge in [0.05, 0.1) is 11.6 Å². The molecule has 0 aromatic carbocycles. The molecule has 0 unspecified atom stereocenters. The van der Waals surface area contributed by atoms with Crippen LogP contribution >= 0.6 is 11.6 Å². The first-order chi connectivity index (χ1) is 8.60. The normalized spacial score (nSPS) is 23.4. The summed E-state index contributed by atoms with van der Waals surface area (Å²) in [7, 11) is 2.04. The Bertz CT molecular complexity index is 459. The second-order valence-electron chi connectivity index (χ2n) is 5.17. The number of anilines is 1. The van der Waals surface area contributed by atoms with E-state index >= 15 is 0 Å². The van der Waals surface area contributed by atoms with Gasteiger partial charge in [-0.25, -0.2) is 4.98 Å². The summed E-state index contributed by atoms with van der Waals surface area (Å²) in [6.45, 7) is 2.31. The first kappa shape index (κ1) is 13.2. The van der Waals surface area contributed by atoms with Gasteiger partial charge in [0.25, 0.3) is 0 Å². The van der Waals surface area contributed by atoms with Crippen LogP contribution in [0.2, 0.25) is 5.15 Å². The van der Waals surface area contributed by atoms with Crippen LogP contribution in [0, 0.1) is 17.2 Å². The van der Waals surface area contributed by atoms with Crippen molar-refractivity contribution in [2.75, 3.05) is 11.9 Å². The van der Waals surface area contributed by atoms with Crippen molar-refractivity contribution in [3.8, 4) is 6.07 Å². The average molecular weight is 264 g/mol. The smallest absolute Gasteiger partial charge is 0.132 e. The summed E-state index contributed by atoms with van der Waals surface area (Å²) in [4.78, 5) is 6.48. The highest BCUT2D eigenvalue weighted by Gasteiger charge is 2.22. The minimum atomic E-state index is 0.389. The number of hydrogen-bond donors (Lipinski definition) is 0. The molecule has 0 bridgehead atoms. The number of aromatic nitrogens is 1. The molecule has 0 N–H and O–H groups in total. The zero-order chi connectivity index (χ0) is 13.1. The number of rotatable bonds is 2. The van der Waals surface area contributed by atoms with Crippen LogP contribution in [0.15, 0.2) is 12.1 Å². The maximum atomic E-state index is 8.96. The van der Waals surface area contributed by atoms with Crippen molar-refractivity contribution in [2.24, 2.45) is 5.92 Å². The van der Waals surface area contributed by atoms with Gasteiger partial charge in [-0.2, -0.15) is 5.26 Å². The summed E-state index contributed by atoms with van der Waals surface area (Å²) in [5.74, 6) is 1.63. The van der Waals surface area contributed by atoms with Gasteiger partial charge < -0.3 is 4.90 Å². The van der Waals surface area contributed by atoms with E-state index in [1.54, 1.807) is 6.07 Å². The number of nitrogens with zero attached hydrogens (tertiary/aromatic N) is 3. The quantitative estimate of drug-likeness (QED) is 0.765. The van der Waals surface area contributed by atoms with E-state index < -0.39 is 0 Å². The fourth-order valence-electron chi connectivity index (χ4n) is 2.55. The van der Waals surface area contributed by atoms with Gasteiger partial charge in [0.2, 0.25) is 0 Å². The Kier molecular flexibility index (Phi) is 4.08. The molecule has 0 amide bonds. The Balaban J connectivity index is 2.16. The molecule has 1 saturated carbocycles. The van der Waals surface area contributed by atoms with Gasteiger partial charge in [0.15, 0.2) is 0 Å². The van der Waals surface area contributed by atoms with Crippen molar-refractivity contribution in [1.29, 1.82) is 5.26 Å². The van der Waals surface area contributed by atoms with E-state index in [9.17, 15) is 0 Å². The van der Waals surface area contributed by atoms with Crippen LogP contribution < -0.4 is 4.90 Å². The van der Waals surface area contributed by atoms with Crippen LogP contribution in [-0.4, -0.2) is 18.1 Å². The number of halogens is 1. The molecule has 1 heterocycles. The van der Waals surface area contributed by atoms with Crippen LogP contribution in [0.25, 0.3) is 0 Å². The average Bonchev–Trinajstić information content (AvgIpc) is 2.38. The molecule has 1 fully saturated rings. The third kappa shape index (κ3) is 2.94. The van der Waals surface area contributed by atoms with Crippen LogP contribution in [-0.2, 0) is 0 Å². The SMILES string of the molecule is CC1CCC(N(C)c2cc(C#N)cc(Cl)n2)CC1. The predicted octanol–water partition coefficient (Wildman–Crippen LogP) is 3.62. The highest BCUT2D eigenvalue weighted by atomic mass is 35.5. The Morgan fingerprint density at radius 3 is 2.61 bits per heavy atom. The van der Waals surface area contributed by atoms with Crippen molar-refractivity contribution in [3.63, 3.8) is 0 Å². The van der Waals surface area contributed by atoms with E-state index in [0.29, 0.717) is 16.8 Å². The summed E-state index contributed by atoms with van der Waals surface area (Å²) in [6.07, 6.45) is 4.91. The lowest BCUT2D eigenvalue weighted by Gasteiger charge is -2.34. The number of nitriles is 1. The van der Waals surface area contributed by atoms with Gasteiger partial charge in [-0.3, -0.25) is 0 Å². The highest BCUT2D eigenvalue weighted by molar-refractivity contribution is 6.29. The summed E-state index contributed by atoms with van der Waals surface area (Å²) >= 11 is 5.95. The molecule has 1 aromatic rings. The first-order valence-corrected chi connectivity index (χ1v) is 6.78. The van der Waals surface area contributed by atoms with E-state index in [2.05, 4.69) is 22.9 Å². The van der Waals surface area contributed by atoms with Crippen LogP contribution in [0.5, 0.6) is 0 Å². The maximum absolute atomic E-state index is 8.96. The molecule has 96 valence electrons. The second-order valence-corrected chi connectivity index (χ2v) is 5.56. The van der Waals surface area contributed by atoms with E-state index in [0.717, 1.165) is 11.7 Å². The van der Waals surface area contributed by atoms with Crippen molar-refractivity contribution in [3.05, 3.63) is 22.8 Å². The standard InChI is InChI=1S/C14H18ClN3/c1-10-3-5-12(6-4-10)18(2)14-8-11(9-16)7-13(15)17-14/h7-8,10,12H,3-6H2,1-2H3. The molecule has 1 aromatic heterocycles. The van der Waals surface area contributed by atoms with Gasteiger partial charge in [0.1, 0.15) is 11.0 Å². The fourth-order valence-corrected chi connectivity index (χ4v) is 2.75. The maximum Gasteiger partial charge on any atom is 0.132 e. The molecule has 0 aliphatic heterocycles. The summed E-state index contributed by atoms with van der Waals surface area (Å²) in [6, 6.07) is 6.04. The molecule has 1 aliphatic carbocycles. The summed E-state index contributed by atoms with van der Waals surface area (Å²) < 4.78 is 0. The monoisotopic (exact) mass is 263 g/mol. The van der Waals surface area contributed by atoms with Crippen LogP contribution in [0.4, 0.5) is 5.82 Å². The summed E-state index contributed by atoms with van der Waals surface area (Å²) in [5.41, 5.74) is 0.570. The van der Waals surface area contributed by atoms with E-state index in [4.69, 9.17) is 16.9 Å². The van der Waals surface area contributed by atoms with Crippen molar-refractivity contribution in [1.82, 2.24) is 4.98 Å². The van der Waals surface area contributed by atoms with Crippen molar-refractivity contribution < 1.29 is 0 Å². The van der Waals surface area contributed by atoms with Crippen LogP contribution in [0.3, 0.4) is 0 Å². The largest absolute Gasteiger partial charge is 0.357 e. The van der Waals surface area contributed by atoms with Crippen LogP contribution in [0.1, 0.15) is 38.2 Å². The molecule has 3 nitrogen and oxygen atoms in total. The van der Waals surface area contributed by atoms with Crippen molar-refractivity contribution in [2.45, 2.75) is 38.6 Å². The number of pyridine rings is 1.